The molecule has 1 N–H and O–H groups in total. The molecule has 21 heavy (non-hydrogen) atoms. The van der Waals surface area contributed by atoms with E-state index in [1.54, 1.807) is 18.2 Å². The number of sulfonamides is 1. The lowest BCUT2D eigenvalue weighted by atomic mass is 10.3. The molecular formula is C13H16N2O5S. The highest BCUT2D eigenvalue weighted by Gasteiger charge is 2.19. The second kappa shape index (κ2) is 6.15. The van der Waals surface area contributed by atoms with Gasteiger partial charge in [-0.1, -0.05) is 6.08 Å². The number of ether oxygens (including phenoxy) is 2. The summed E-state index contributed by atoms with van der Waals surface area (Å²) in [5, 5.41) is 2.62. The van der Waals surface area contributed by atoms with Crippen LogP contribution in [-0.2, 0) is 14.8 Å². The lowest BCUT2D eigenvalue weighted by Crippen LogP contribution is -2.37. The average molecular weight is 312 g/mol. The van der Waals surface area contributed by atoms with Crippen molar-refractivity contribution >= 4 is 21.6 Å². The Labute approximate surface area is 123 Å². The predicted octanol–water partition coefficient (Wildman–Crippen LogP) is 0.801. The minimum atomic E-state index is -3.47. The van der Waals surface area contributed by atoms with Gasteiger partial charge in [0.15, 0.2) is 11.5 Å². The number of nitrogens with zero attached hydrogens (tertiary/aromatic N) is 1. The third kappa shape index (κ3) is 3.96. The summed E-state index contributed by atoms with van der Waals surface area (Å²) in [6.45, 7) is 3.42. The summed E-state index contributed by atoms with van der Waals surface area (Å²) in [5.41, 5.74) is 0.510. The van der Waals surface area contributed by atoms with E-state index in [1.807, 2.05) is 0 Å². The fourth-order valence-corrected chi connectivity index (χ4v) is 2.52. The molecule has 0 saturated heterocycles. The van der Waals surface area contributed by atoms with E-state index in [9.17, 15) is 13.2 Å². The first-order chi connectivity index (χ1) is 9.90. The summed E-state index contributed by atoms with van der Waals surface area (Å²) in [6, 6.07) is 4.96. The molecule has 0 bridgehead atoms. The van der Waals surface area contributed by atoms with Crippen molar-refractivity contribution in [1.82, 2.24) is 4.31 Å². The Morgan fingerprint density at radius 3 is 2.81 bits per heavy atom. The van der Waals surface area contributed by atoms with Gasteiger partial charge in [-0.15, -0.1) is 6.58 Å². The van der Waals surface area contributed by atoms with Crippen molar-refractivity contribution in [1.29, 1.82) is 0 Å². The first kappa shape index (κ1) is 15.3. The Kier molecular flexibility index (Phi) is 4.49. The van der Waals surface area contributed by atoms with Gasteiger partial charge in [0.05, 0.1) is 12.8 Å². The molecule has 0 radical (unpaired) electrons. The van der Waals surface area contributed by atoms with Crippen LogP contribution >= 0.6 is 0 Å². The molecule has 1 aliphatic heterocycles. The lowest BCUT2D eigenvalue weighted by Gasteiger charge is -2.17. The number of hydrogen-bond donors (Lipinski definition) is 1. The van der Waals surface area contributed by atoms with Crippen LogP contribution in [0.3, 0.4) is 0 Å². The van der Waals surface area contributed by atoms with Crippen LogP contribution in [0.25, 0.3) is 0 Å². The van der Waals surface area contributed by atoms with Gasteiger partial charge in [-0.3, -0.25) is 4.79 Å². The second-order valence-electron chi connectivity index (χ2n) is 4.46. The molecule has 0 spiro atoms. The molecule has 0 atom stereocenters. The highest BCUT2D eigenvalue weighted by molar-refractivity contribution is 7.88. The van der Waals surface area contributed by atoms with Gasteiger partial charge in [-0.2, -0.15) is 4.31 Å². The zero-order chi connectivity index (χ0) is 15.5. The molecule has 2 rings (SSSR count). The van der Waals surface area contributed by atoms with Crippen molar-refractivity contribution in [3.05, 3.63) is 30.9 Å². The molecule has 1 aromatic rings. The minimum absolute atomic E-state index is 0.0768. The molecule has 1 aliphatic rings. The Bertz CT molecular complexity index is 657. The highest BCUT2D eigenvalue weighted by atomic mass is 32.2. The summed E-state index contributed by atoms with van der Waals surface area (Å²) >= 11 is 0. The Balaban J connectivity index is 2.02. The van der Waals surface area contributed by atoms with Crippen molar-refractivity contribution in [2.75, 3.05) is 31.5 Å². The quantitative estimate of drug-likeness (QED) is 0.785. The summed E-state index contributed by atoms with van der Waals surface area (Å²) < 4.78 is 34.4. The van der Waals surface area contributed by atoms with E-state index in [-0.39, 0.29) is 19.9 Å². The summed E-state index contributed by atoms with van der Waals surface area (Å²) in [6.07, 6.45) is 2.47. The van der Waals surface area contributed by atoms with Gasteiger partial charge in [0.25, 0.3) is 0 Å². The number of hydrogen-bond acceptors (Lipinski definition) is 5. The van der Waals surface area contributed by atoms with Gasteiger partial charge in [0.1, 0.15) is 0 Å². The standard InChI is InChI=1S/C13H16N2O5S/c1-3-6-15(21(2,17)18)8-13(16)14-10-4-5-11-12(7-10)20-9-19-11/h3-5,7H,1,6,8-9H2,2H3,(H,14,16). The van der Waals surface area contributed by atoms with Gasteiger partial charge in [0, 0.05) is 18.3 Å². The molecule has 7 nitrogen and oxygen atoms in total. The molecule has 114 valence electrons. The van der Waals surface area contributed by atoms with Crippen LogP contribution in [0, 0.1) is 0 Å². The first-order valence-corrected chi connectivity index (χ1v) is 8.00. The number of carbonyl (C=O) groups excluding carboxylic acids is 1. The Hall–Kier alpha value is -2.06. The third-order valence-electron chi connectivity index (χ3n) is 2.78. The van der Waals surface area contributed by atoms with Gasteiger partial charge < -0.3 is 14.8 Å². The molecule has 0 unspecified atom stereocenters. The molecule has 1 amide bonds. The van der Waals surface area contributed by atoms with Crippen LogP contribution in [0.1, 0.15) is 0 Å². The minimum Gasteiger partial charge on any atom is -0.454 e. The van der Waals surface area contributed by atoms with Crippen LogP contribution < -0.4 is 14.8 Å². The topological polar surface area (TPSA) is 84.9 Å². The van der Waals surface area contributed by atoms with Gasteiger partial charge in [-0.05, 0) is 12.1 Å². The van der Waals surface area contributed by atoms with Crippen LogP contribution in [0.4, 0.5) is 5.69 Å². The third-order valence-corrected chi connectivity index (χ3v) is 3.99. The predicted molar refractivity (Wildman–Crippen MR) is 77.8 cm³/mol. The molecule has 8 heteroatoms. The maximum absolute atomic E-state index is 11.9. The van der Waals surface area contributed by atoms with E-state index < -0.39 is 15.9 Å². The molecule has 0 saturated carbocycles. The fraction of sp³-hybridized carbons (Fsp3) is 0.308. The number of nitrogens with one attached hydrogen (secondary N) is 1. The number of carbonyl (C=O) groups is 1. The largest absolute Gasteiger partial charge is 0.454 e. The molecule has 0 aliphatic carbocycles. The van der Waals surface area contributed by atoms with Crippen molar-refractivity contribution < 1.29 is 22.7 Å². The van der Waals surface area contributed by atoms with Crippen molar-refractivity contribution in [2.24, 2.45) is 0 Å². The van der Waals surface area contributed by atoms with E-state index in [0.717, 1.165) is 10.6 Å². The lowest BCUT2D eigenvalue weighted by molar-refractivity contribution is -0.116. The van der Waals surface area contributed by atoms with Gasteiger partial charge in [-0.25, -0.2) is 8.42 Å². The van der Waals surface area contributed by atoms with Crippen molar-refractivity contribution in [3.63, 3.8) is 0 Å². The second-order valence-corrected chi connectivity index (χ2v) is 6.44. The number of amides is 1. The molecule has 0 fully saturated rings. The van der Waals surface area contributed by atoms with Gasteiger partial charge >= 0.3 is 0 Å². The summed E-state index contributed by atoms with van der Waals surface area (Å²) in [5.74, 6) is 0.706. The number of fused-ring (bicyclic) bond motifs is 1. The zero-order valence-electron chi connectivity index (χ0n) is 11.5. The Morgan fingerprint density at radius 1 is 1.43 bits per heavy atom. The summed E-state index contributed by atoms with van der Waals surface area (Å²) in [4.78, 5) is 11.9. The van der Waals surface area contributed by atoms with Crippen LogP contribution in [0.2, 0.25) is 0 Å². The van der Waals surface area contributed by atoms with Crippen molar-refractivity contribution in [2.45, 2.75) is 0 Å². The molecular weight excluding hydrogens is 296 g/mol. The van der Waals surface area contributed by atoms with Crippen molar-refractivity contribution in [3.8, 4) is 11.5 Å². The van der Waals surface area contributed by atoms with Gasteiger partial charge in [0.2, 0.25) is 22.7 Å². The van der Waals surface area contributed by atoms with E-state index in [0.29, 0.717) is 17.2 Å². The van der Waals surface area contributed by atoms with Crippen LogP contribution in [-0.4, -0.2) is 44.8 Å². The normalized spacial score (nSPS) is 13.2. The zero-order valence-corrected chi connectivity index (χ0v) is 12.4. The highest BCUT2D eigenvalue weighted by Crippen LogP contribution is 2.34. The SMILES string of the molecule is C=CCN(CC(=O)Nc1ccc2c(c1)OCO2)S(C)(=O)=O. The smallest absolute Gasteiger partial charge is 0.239 e. The van der Waals surface area contributed by atoms with E-state index in [4.69, 9.17) is 9.47 Å². The number of rotatable bonds is 6. The van der Waals surface area contributed by atoms with E-state index >= 15 is 0 Å². The average Bonchev–Trinajstić information content (AvgIpc) is 2.84. The Morgan fingerprint density at radius 2 is 2.14 bits per heavy atom. The number of anilines is 1. The van der Waals surface area contributed by atoms with E-state index in [2.05, 4.69) is 11.9 Å². The fourth-order valence-electron chi connectivity index (χ4n) is 1.80. The maximum atomic E-state index is 11.9. The van der Waals surface area contributed by atoms with Crippen LogP contribution in [0.5, 0.6) is 11.5 Å². The number of benzene rings is 1. The van der Waals surface area contributed by atoms with E-state index in [1.165, 1.54) is 6.08 Å². The molecule has 1 aromatic carbocycles. The summed E-state index contributed by atoms with van der Waals surface area (Å²) in [7, 11) is -3.47. The molecule has 0 aromatic heterocycles. The maximum Gasteiger partial charge on any atom is 0.239 e. The first-order valence-electron chi connectivity index (χ1n) is 6.15. The van der Waals surface area contributed by atoms with Crippen LogP contribution in [0.15, 0.2) is 30.9 Å². The molecule has 1 heterocycles. The monoisotopic (exact) mass is 312 g/mol.